The number of nitrogens with zero attached hydrogens (tertiary/aromatic N) is 2. The Morgan fingerprint density at radius 2 is 1.75 bits per heavy atom. The van der Waals surface area contributed by atoms with Crippen LogP contribution < -0.4 is 0 Å². The minimum Gasteiger partial charge on any atom is -0.224 e. The van der Waals surface area contributed by atoms with Gasteiger partial charge in [-0.05, 0) is 17.7 Å². The van der Waals surface area contributed by atoms with Crippen molar-refractivity contribution in [1.82, 2.24) is 4.98 Å². The first-order valence-electron chi connectivity index (χ1n) is 4.50. The van der Waals surface area contributed by atoms with Gasteiger partial charge in [-0.1, -0.05) is 23.2 Å². The highest BCUT2D eigenvalue weighted by atomic mass is 35.5. The highest BCUT2D eigenvalue weighted by molar-refractivity contribution is 6.32. The Balaban J connectivity index is 2.41. The standard InChI is InChI=1S/C10H6Cl2F2N2/c11-7-1-6(2-8(12)16-7)9(5-15)3-10(13,14)4-9/h1-2H,3-4H2. The van der Waals surface area contributed by atoms with Crippen molar-refractivity contribution >= 4 is 23.2 Å². The van der Waals surface area contributed by atoms with Crippen LogP contribution in [-0.4, -0.2) is 10.9 Å². The van der Waals surface area contributed by atoms with Gasteiger partial charge in [-0.2, -0.15) is 5.26 Å². The largest absolute Gasteiger partial charge is 0.251 e. The van der Waals surface area contributed by atoms with Gasteiger partial charge < -0.3 is 0 Å². The summed E-state index contributed by atoms with van der Waals surface area (Å²) in [7, 11) is 0. The third-order valence-electron chi connectivity index (χ3n) is 2.65. The first-order chi connectivity index (χ1) is 7.37. The van der Waals surface area contributed by atoms with Gasteiger partial charge in [0.25, 0.3) is 5.92 Å². The Bertz CT molecular complexity index is 454. The predicted octanol–water partition coefficient (Wildman–Crippen LogP) is 3.58. The van der Waals surface area contributed by atoms with Crippen LogP contribution in [0, 0.1) is 11.3 Å². The third kappa shape index (κ3) is 1.85. The van der Waals surface area contributed by atoms with E-state index < -0.39 is 24.2 Å². The lowest BCUT2D eigenvalue weighted by molar-refractivity contribution is -0.109. The van der Waals surface area contributed by atoms with Gasteiger partial charge in [0.1, 0.15) is 10.3 Å². The quantitative estimate of drug-likeness (QED) is 0.726. The first kappa shape index (κ1) is 11.6. The zero-order valence-electron chi connectivity index (χ0n) is 7.98. The molecule has 0 saturated heterocycles. The van der Waals surface area contributed by atoms with E-state index in [2.05, 4.69) is 4.98 Å². The van der Waals surface area contributed by atoms with Gasteiger partial charge in [0.05, 0.1) is 11.5 Å². The van der Waals surface area contributed by atoms with Crippen LogP contribution in [0.25, 0.3) is 0 Å². The molecule has 6 heteroatoms. The van der Waals surface area contributed by atoms with Gasteiger partial charge in [-0.15, -0.1) is 0 Å². The fraction of sp³-hybridized carbons (Fsp3) is 0.400. The molecule has 0 atom stereocenters. The van der Waals surface area contributed by atoms with Gasteiger partial charge in [0.15, 0.2) is 0 Å². The summed E-state index contributed by atoms with van der Waals surface area (Å²) in [6.45, 7) is 0. The molecule has 2 nitrogen and oxygen atoms in total. The summed E-state index contributed by atoms with van der Waals surface area (Å²) < 4.78 is 25.7. The number of hydrogen-bond donors (Lipinski definition) is 0. The van der Waals surface area contributed by atoms with E-state index in [9.17, 15) is 8.78 Å². The third-order valence-corrected chi connectivity index (χ3v) is 3.04. The molecule has 1 aliphatic carbocycles. The monoisotopic (exact) mass is 262 g/mol. The topological polar surface area (TPSA) is 36.7 Å². The molecule has 1 heterocycles. The van der Waals surface area contributed by atoms with Crippen molar-refractivity contribution in [3.05, 3.63) is 28.0 Å². The lowest BCUT2D eigenvalue weighted by Gasteiger charge is -2.42. The van der Waals surface area contributed by atoms with Crippen molar-refractivity contribution in [2.75, 3.05) is 0 Å². The van der Waals surface area contributed by atoms with Crippen molar-refractivity contribution in [2.45, 2.75) is 24.2 Å². The van der Waals surface area contributed by atoms with Crippen molar-refractivity contribution < 1.29 is 8.78 Å². The maximum absolute atomic E-state index is 12.9. The number of hydrogen-bond acceptors (Lipinski definition) is 2. The van der Waals surface area contributed by atoms with Crippen LogP contribution in [0.2, 0.25) is 10.3 Å². The second-order valence-corrected chi connectivity index (χ2v) is 4.68. The summed E-state index contributed by atoms with van der Waals surface area (Å²) in [6, 6.07) is 4.73. The molecule has 1 aromatic heterocycles. The zero-order chi connectivity index (χ0) is 12.0. The second-order valence-electron chi connectivity index (χ2n) is 3.90. The second kappa shape index (κ2) is 3.54. The molecule has 0 aromatic carbocycles. The highest BCUT2D eigenvalue weighted by Gasteiger charge is 2.58. The summed E-state index contributed by atoms with van der Waals surface area (Å²) >= 11 is 11.3. The van der Waals surface area contributed by atoms with E-state index in [0.29, 0.717) is 5.56 Å². The number of pyridine rings is 1. The lowest BCUT2D eigenvalue weighted by Crippen LogP contribution is -2.48. The molecule has 16 heavy (non-hydrogen) atoms. The van der Waals surface area contributed by atoms with Crippen molar-refractivity contribution in [3.8, 4) is 6.07 Å². The number of rotatable bonds is 1. The summed E-state index contributed by atoms with van der Waals surface area (Å²) in [4.78, 5) is 3.71. The minimum absolute atomic E-state index is 0.104. The zero-order valence-corrected chi connectivity index (χ0v) is 9.49. The fourth-order valence-corrected chi connectivity index (χ4v) is 2.38. The van der Waals surface area contributed by atoms with E-state index in [1.807, 2.05) is 6.07 Å². The van der Waals surface area contributed by atoms with Gasteiger partial charge in [-0.25, -0.2) is 13.8 Å². The summed E-state index contributed by atoms with van der Waals surface area (Å²) in [6.07, 6.45) is -0.986. The Morgan fingerprint density at radius 1 is 1.25 bits per heavy atom. The molecule has 2 rings (SSSR count). The fourth-order valence-electron chi connectivity index (χ4n) is 1.92. The van der Waals surface area contributed by atoms with Crippen LogP contribution in [0.3, 0.4) is 0 Å². The molecular formula is C10H6Cl2F2N2. The Labute approximate surface area is 101 Å². The van der Waals surface area contributed by atoms with Crippen LogP contribution in [0.4, 0.5) is 8.78 Å². The molecule has 84 valence electrons. The molecule has 1 aliphatic rings. The van der Waals surface area contributed by atoms with E-state index in [0.717, 1.165) is 0 Å². The normalized spacial score (nSPS) is 20.9. The Kier molecular flexibility index (Phi) is 2.56. The molecule has 1 fully saturated rings. The van der Waals surface area contributed by atoms with Gasteiger partial charge >= 0.3 is 0 Å². The molecule has 0 bridgehead atoms. The molecule has 0 radical (unpaired) electrons. The van der Waals surface area contributed by atoms with Gasteiger partial charge in [0, 0.05) is 12.8 Å². The van der Waals surface area contributed by atoms with Crippen LogP contribution in [0.15, 0.2) is 12.1 Å². The van der Waals surface area contributed by atoms with Crippen LogP contribution >= 0.6 is 23.2 Å². The molecule has 0 amide bonds. The van der Waals surface area contributed by atoms with Crippen LogP contribution in [-0.2, 0) is 5.41 Å². The van der Waals surface area contributed by atoms with Crippen LogP contribution in [0.5, 0.6) is 0 Å². The van der Waals surface area contributed by atoms with Gasteiger partial charge in [0.2, 0.25) is 0 Å². The van der Waals surface area contributed by atoms with Crippen LogP contribution in [0.1, 0.15) is 18.4 Å². The number of alkyl halides is 2. The number of halogens is 4. The van der Waals surface area contributed by atoms with E-state index in [1.165, 1.54) is 12.1 Å². The SMILES string of the molecule is N#CC1(c2cc(Cl)nc(Cl)c2)CC(F)(F)C1. The summed E-state index contributed by atoms with van der Waals surface area (Å²) in [5.74, 6) is -2.78. The average molecular weight is 263 g/mol. The molecule has 0 aliphatic heterocycles. The highest BCUT2D eigenvalue weighted by Crippen LogP contribution is 2.53. The van der Waals surface area contributed by atoms with E-state index in [4.69, 9.17) is 28.5 Å². The average Bonchev–Trinajstić information content (AvgIpc) is 2.11. The first-order valence-corrected chi connectivity index (χ1v) is 5.25. The molecule has 0 spiro atoms. The Hall–Kier alpha value is -0.920. The maximum atomic E-state index is 12.9. The lowest BCUT2D eigenvalue weighted by atomic mass is 9.63. The van der Waals surface area contributed by atoms with Crippen molar-refractivity contribution in [2.24, 2.45) is 0 Å². The smallest absolute Gasteiger partial charge is 0.224 e. The van der Waals surface area contributed by atoms with Crippen molar-refractivity contribution in [3.63, 3.8) is 0 Å². The molecule has 1 saturated carbocycles. The van der Waals surface area contributed by atoms with E-state index in [1.54, 1.807) is 0 Å². The number of nitriles is 1. The minimum atomic E-state index is -2.78. The molecular weight excluding hydrogens is 257 g/mol. The maximum Gasteiger partial charge on any atom is 0.251 e. The van der Waals surface area contributed by atoms with E-state index >= 15 is 0 Å². The number of aromatic nitrogens is 1. The Morgan fingerprint density at radius 3 is 2.12 bits per heavy atom. The summed E-state index contributed by atoms with van der Waals surface area (Å²) in [5, 5.41) is 9.22. The van der Waals surface area contributed by atoms with Crippen molar-refractivity contribution in [1.29, 1.82) is 5.26 Å². The van der Waals surface area contributed by atoms with E-state index in [-0.39, 0.29) is 10.3 Å². The summed E-state index contributed by atoms with van der Waals surface area (Å²) in [5.41, 5.74) is -0.773. The molecule has 0 unspecified atom stereocenters. The van der Waals surface area contributed by atoms with Gasteiger partial charge in [-0.3, -0.25) is 0 Å². The predicted molar refractivity (Wildman–Crippen MR) is 55.7 cm³/mol. The molecule has 0 N–H and O–H groups in total. The molecule has 1 aromatic rings.